The van der Waals surface area contributed by atoms with Gasteiger partial charge >= 0.3 is 0 Å². The molecule has 0 amide bonds. The van der Waals surface area contributed by atoms with Crippen molar-refractivity contribution >= 4 is 27.5 Å². The van der Waals surface area contributed by atoms with Gasteiger partial charge in [0.1, 0.15) is 11.3 Å². The fraction of sp³-hybridized carbons (Fsp3) is 0.226. The Balaban J connectivity index is 1.05. The zero-order valence-corrected chi connectivity index (χ0v) is 22.2. The van der Waals surface area contributed by atoms with Crippen LogP contribution in [0.15, 0.2) is 83.8 Å². The molecule has 1 aliphatic rings. The summed E-state index contributed by atoms with van der Waals surface area (Å²) in [6.07, 6.45) is 10.2. The first-order chi connectivity index (χ1) is 19.7. The lowest BCUT2D eigenvalue weighted by Gasteiger charge is -2.30. The summed E-state index contributed by atoms with van der Waals surface area (Å²) < 4.78 is 10.5. The lowest BCUT2D eigenvalue weighted by Crippen LogP contribution is -2.34. The highest BCUT2D eigenvalue weighted by Gasteiger charge is 2.27. The molecule has 0 unspecified atom stereocenters. The fourth-order valence-electron chi connectivity index (χ4n) is 6.14. The molecule has 1 saturated heterocycles. The van der Waals surface area contributed by atoms with E-state index in [0.717, 1.165) is 71.7 Å². The standard InChI is InChI=1S/C31H28N8O/c1-37-16-23(24-6-2-3-7-27(24)37)18-38-13-4-5-22(17-38)31-36-35-30(40-31)20-8-10-26-25(15-20)29(34-33-26)21-9-11-28-32-12-14-39(28)19-21/h2-3,6-12,14-16,19,22H,4-5,13,17-18H2,1H3,(H,33,34)/t22-/m1/s1. The number of nitrogens with one attached hydrogen (secondary N) is 1. The number of aromatic amines is 1. The van der Waals surface area contributed by atoms with Crippen molar-refractivity contribution in [2.24, 2.45) is 7.05 Å². The number of hydrogen-bond acceptors (Lipinski definition) is 6. The van der Waals surface area contributed by atoms with Gasteiger partial charge in [-0.3, -0.25) is 10.00 Å². The average Bonchev–Trinajstić information content (AvgIpc) is 3.79. The Morgan fingerprint density at radius 1 is 1.00 bits per heavy atom. The Bertz CT molecular complexity index is 1990. The summed E-state index contributed by atoms with van der Waals surface area (Å²) in [5.41, 5.74) is 7.27. The maximum absolute atomic E-state index is 6.30. The van der Waals surface area contributed by atoms with Crippen molar-refractivity contribution in [2.75, 3.05) is 13.1 Å². The normalized spacial score (nSPS) is 16.5. The van der Waals surface area contributed by atoms with E-state index in [-0.39, 0.29) is 5.92 Å². The second-order valence-electron chi connectivity index (χ2n) is 10.7. The first kappa shape index (κ1) is 23.2. The van der Waals surface area contributed by atoms with Crippen LogP contribution >= 0.6 is 0 Å². The maximum atomic E-state index is 6.30. The van der Waals surface area contributed by atoms with Gasteiger partial charge in [-0.25, -0.2) is 4.98 Å². The predicted molar refractivity (Wildman–Crippen MR) is 154 cm³/mol. The van der Waals surface area contributed by atoms with Crippen molar-refractivity contribution in [3.8, 4) is 22.7 Å². The number of aryl methyl sites for hydroxylation is 1. The van der Waals surface area contributed by atoms with Crippen molar-refractivity contribution < 1.29 is 4.42 Å². The van der Waals surface area contributed by atoms with Crippen molar-refractivity contribution in [1.29, 1.82) is 0 Å². The van der Waals surface area contributed by atoms with Crippen LogP contribution in [0.2, 0.25) is 0 Å². The molecule has 0 aliphatic carbocycles. The third kappa shape index (κ3) is 3.89. The molecule has 2 aromatic carbocycles. The average molecular weight is 529 g/mol. The minimum Gasteiger partial charge on any atom is -0.420 e. The van der Waals surface area contributed by atoms with Crippen LogP contribution < -0.4 is 0 Å². The van der Waals surface area contributed by atoms with Gasteiger partial charge in [0.25, 0.3) is 0 Å². The number of benzene rings is 2. The number of likely N-dealkylation sites (tertiary alicyclic amines) is 1. The van der Waals surface area contributed by atoms with E-state index in [1.165, 1.54) is 16.5 Å². The van der Waals surface area contributed by atoms with Gasteiger partial charge in [0.05, 0.1) is 11.4 Å². The van der Waals surface area contributed by atoms with Crippen molar-refractivity contribution in [1.82, 2.24) is 39.2 Å². The topological polar surface area (TPSA) is 93.1 Å². The Kier molecular flexibility index (Phi) is 5.31. The lowest BCUT2D eigenvalue weighted by molar-refractivity contribution is 0.187. The Morgan fingerprint density at radius 2 is 1.93 bits per heavy atom. The smallest absolute Gasteiger partial charge is 0.247 e. The predicted octanol–water partition coefficient (Wildman–Crippen LogP) is 5.80. The molecule has 5 aromatic heterocycles. The second kappa shape index (κ2) is 9.17. The molecular formula is C31H28N8O. The molecule has 1 atom stereocenters. The van der Waals surface area contributed by atoms with Crippen LogP contribution in [0.3, 0.4) is 0 Å². The molecule has 0 spiro atoms. The largest absolute Gasteiger partial charge is 0.420 e. The summed E-state index contributed by atoms with van der Waals surface area (Å²) in [5.74, 6) is 1.48. The van der Waals surface area contributed by atoms with Gasteiger partial charge in [-0.2, -0.15) is 5.10 Å². The highest BCUT2D eigenvalue weighted by molar-refractivity contribution is 5.95. The van der Waals surface area contributed by atoms with Crippen LogP contribution in [0.1, 0.15) is 30.2 Å². The summed E-state index contributed by atoms with van der Waals surface area (Å²) >= 11 is 0. The second-order valence-corrected chi connectivity index (χ2v) is 10.7. The zero-order chi connectivity index (χ0) is 26.6. The third-order valence-electron chi connectivity index (χ3n) is 8.14. The number of H-pyrrole nitrogens is 1. The monoisotopic (exact) mass is 528 g/mol. The minimum absolute atomic E-state index is 0.222. The summed E-state index contributed by atoms with van der Waals surface area (Å²) in [5, 5.41) is 19.1. The van der Waals surface area contributed by atoms with Gasteiger partial charge in [0.15, 0.2) is 0 Å². The van der Waals surface area contributed by atoms with Gasteiger partial charge < -0.3 is 13.4 Å². The molecule has 0 saturated carbocycles. The number of hydrogen-bond donors (Lipinski definition) is 1. The minimum atomic E-state index is 0.222. The van der Waals surface area contributed by atoms with Crippen molar-refractivity contribution in [3.05, 3.63) is 90.8 Å². The summed E-state index contributed by atoms with van der Waals surface area (Å²) in [4.78, 5) is 6.85. The molecule has 9 nitrogen and oxygen atoms in total. The summed E-state index contributed by atoms with van der Waals surface area (Å²) in [6.45, 7) is 2.90. The molecule has 6 heterocycles. The molecular weight excluding hydrogens is 500 g/mol. The van der Waals surface area contributed by atoms with Crippen molar-refractivity contribution in [2.45, 2.75) is 25.3 Å². The Hall–Kier alpha value is -4.76. The Labute approximate surface area is 230 Å². The summed E-state index contributed by atoms with van der Waals surface area (Å²) in [7, 11) is 2.12. The van der Waals surface area contributed by atoms with Gasteiger partial charge in [-0.05, 0) is 61.3 Å². The van der Waals surface area contributed by atoms with Crippen LogP contribution in [-0.4, -0.2) is 52.3 Å². The van der Waals surface area contributed by atoms with E-state index in [0.29, 0.717) is 5.89 Å². The quantitative estimate of drug-likeness (QED) is 0.304. The van der Waals surface area contributed by atoms with E-state index in [1.54, 1.807) is 6.20 Å². The van der Waals surface area contributed by atoms with E-state index in [2.05, 4.69) is 78.4 Å². The number of imidazole rings is 1. The maximum Gasteiger partial charge on any atom is 0.247 e. The molecule has 7 aromatic rings. The number of pyridine rings is 1. The summed E-state index contributed by atoms with van der Waals surface area (Å²) in [6, 6.07) is 18.8. The molecule has 198 valence electrons. The van der Waals surface area contributed by atoms with Gasteiger partial charge in [0, 0.05) is 72.3 Å². The molecule has 0 radical (unpaired) electrons. The highest BCUT2D eigenvalue weighted by Crippen LogP contribution is 2.33. The SMILES string of the molecule is Cn1cc(CN2CCC[C@@H](c3nnc(-c4ccc5[nH]nc(-c6ccc7nccn7c6)c5c4)o3)C2)c2ccccc21. The van der Waals surface area contributed by atoms with E-state index in [9.17, 15) is 0 Å². The number of piperidine rings is 1. The molecule has 1 aliphatic heterocycles. The molecule has 40 heavy (non-hydrogen) atoms. The molecule has 1 N–H and O–H groups in total. The van der Waals surface area contributed by atoms with Gasteiger partial charge in [-0.1, -0.05) is 18.2 Å². The van der Waals surface area contributed by atoms with E-state index in [4.69, 9.17) is 4.42 Å². The first-order valence-corrected chi connectivity index (χ1v) is 13.7. The zero-order valence-electron chi connectivity index (χ0n) is 22.2. The Morgan fingerprint density at radius 3 is 2.90 bits per heavy atom. The van der Waals surface area contributed by atoms with Crippen molar-refractivity contribution in [3.63, 3.8) is 0 Å². The number of fused-ring (bicyclic) bond motifs is 3. The molecule has 0 bridgehead atoms. The lowest BCUT2D eigenvalue weighted by atomic mass is 9.97. The fourth-order valence-corrected chi connectivity index (χ4v) is 6.14. The third-order valence-corrected chi connectivity index (χ3v) is 8.14. The highest BCUT2D eigenvalue weighted by atomic mass is 16.4. The van der Waals surface area contributed by atoms with Gasteiger partial charge in [0.2, 0.25) is 11.8 Å². The molecule has 8 rings (SSSR count). The number of nitrogens with zero attached hydrogens (tertiary/aromatic N) is 7. The number of rotatable bonds is 5. The molecule has 9 heteroatoms. The van der Waals surface area contributed by atoms with Crippen LogP contribution in [0.25, 0.3) is 50.2 Å². The van der Waals surface area contributed by atoms with Crippen LogP contribution in [-0.2, 0) is 13.6 Å². The van der Waals surface area contributed by atoms with E-state index >= 15 is 0 Å². The van der Waals surface area contributed by atoms with Crippen LogP contribution in [0.4, 0.5) is 0 Å². The van der Waals surface area contributed by atoms with E-state index < -0.39 is 0 Å². The first-order valence-electron chi connectivity index (χ1n) is 13.7. The van der Waals surface area contributed by atoms with Crippen LogP contribution in [0, 0.1) is 0 Å². The number of aromatic nitrogens is 7. The molecule has 1 fully saturated rings. The van der Waals surface area contributed by atoms with E-state index in [1.807, 2.05) is 41.1 Å². The van der Waals surface area contributed by atoms with Gasteiger partial charge in [-0.15, -0.1) is 10.2 Å². The number of para-hydroxylation sites is 1. The van der Waals surface area contributed by atoms with Crippen LogP contribution in [0.5, 0.6) is 0 Å².